The zero-order chi connectivity index (χ0) is 14.9. The van der Waals surface area contributed by atoms with Gasteiger partial charge in [-0.25, -0.2) is 0 Å². The number of hydrogen-bond donors (Lipinski definition) is 1. The highest BCUT2D eigenvalue weighted by Crippen LogP contribution is 2.29. The molecule has 7 heteroatoms. The van der Waals surface area contributed by atoms with Gasteiger partial charge in [-0.05, 0) is 24.1 Å². The first-order valence-corrected chi connectivity index (χ1v) is 6.05. The highest BCUT2D eigenvalue weighted by Gasteiger charge is 2.33. The third-order valence-electron chi connectivity index (χ3n) is 3.18. The van der Waals surface area contributed by atoms with E-state index >= 15 is 0 Å². The minimum Gasteiger partial charge on any atom is -0.320 e. The molecule has 0 aliphatic carbocycles. The Labute approximate surface area is 113 Å². The third-order valence-corrected chi connectivity index (χ3v) is 3.18. The average molecular weight is 286 g/mol. The van der Waals surface area contributed by atoms with Crippen LogP contribution in [-0.4, -0.2) is 22.8 Å². The summed E-state index contributed by atoms with van der Waals surface area (Å²) in [5.41, 5.74) is 5.26. The maximum absolute atomic E-state index is 12.4. The van der Waals surface area contributed by atoms with E-state index < -0.39 is 23.7 Å². The van der Waals surface area contributed by atoms with E-state index in [2.05, 4.69) is 0 Å². The van der Waals surface area contributed by atoms with Crippen LogP contribution in [0.25, 0.3) is 0 Å². The second kappa shape index (κ2) is 5.24. The molecule has 0 radical (unpaired) electrons. The number of imide groups is 1. The Morgan fingerprint density at radius 3 is 2.35 bits per heavy atom. The Hall–Kier alpha value is -1.89. The van der Waals surface area contributed by atoms with Crippen molar-refractivity contribution in [1.82, 2.24) is 4.90 Å². The number of halogens is 3. The molecule has 2 N–H and O–H groups in total. The predicted octanol–water partition coefficient (Wildman–Crippen LogP) is 1.68. The van der Waals surface area contributed by atoms with E-state index in [1.807, 2.05) is 0 Å². The second-order valence-electron chi connectivity index (χ2n) is 4.66. The van der Waals surface area contributed by atoms with Crippen molar-refractivity contribution in [2.45, 2.75) is 31.6 Å². The number of carbonyl (C=O) groups excluding carboxylic acids is 2. The fourth-order valence-corrected chi connectivity index (χ4v) is 2.01. The SMILES string of the molecule is NC1CCC(=O)N(Cc2ccc(C(F)(F)F)cc2)C1=O. The van der Waals surface area contributed by atoms with Gasteiger partial charge in [0.05, 0.1) is 18.2 Å². The van der Waals surface area contributed by atoms with Crippen molar-refractivity contribution in [3.8, 4) is 0 Å². The highest BCUT2D eigenvalue weighted by atomic mass is 19.4. The number of hydrogen-bond acceptors (Lipinski definition) is 3. The van der Waals surface area contributed by atoms with Gasteiger partial charge < -0.3 is 5.73 Å². The van der Waals surface area contributed by atoms with Crippen molar-refractivity contribution in [1.29, 1.82) is 0 Å². The Bertz CT molecular complexity index is 525. The number of alkyl halides is 3. The number of carbonyl (C=O) groups is 2. The highest BCUT2D eigenvalue weighted by molar-refractivity contribution is 6.00. The van der Waals surface area contributed by atoms with Crippen LogP contribution in [0.4, 0.5) is 13.2 Å². The van der Waals surface area contributed by atoms with Gasteiger partial charge in [-0.15, -0.1) is 0 Å². The standard InChI is InChI=1S/C13H13F3N2O2/c14-13(15,16)9-3-1-8(2-4-9)7-18-11(19)6-5-10(17)12(18)20/h1-4,10H,5-7,17H2. The van der Waals surface area contributed by atoms with Crippen molar-refractivity contribution >= 4 is 11.8 Å². The predicted molar refractivity (Wildman–Crippen MR) is 64.2 cm³/mol. The Morgan fingerprint density at radius 1 is 1.20 bits per heavy atom. The van der Waals surface area contributed by atoms with E-state index in [-0.39, 0.29) is 18.9 Å². The van der Waals surface area contributed by atoms with Gasteiger partial charge in [0.2, 0.25) is 11.8 Å². The Balaban J connectivity index is 2.13. The largest absolute Gasteiger partial charge is 0.416 e. The van der Waals surface area contributed by atoms with Crippen molar-refractivity contribution in [3.05, 3.63) is 35.4 Å². The first-order chi connectivity index (χ1) is 9.29. The molecule has 4 nitrogen and oxygen atoms in total. The smallest absolute Gasteiger partial charge is 0.320 e. The number of nitrogens with two attached hydrogens (primary N) is 1. The summed E-state index contributed by atoms with van der Waals surface area (Å²) in [6, 6.07) is 3.64. The first kappa shape index (κ1) is 14.5. The molecule has 0 bridgehead atoms. The van der Waals surface area contributed by atoms with Crippen molar-refractivity contribution < 1.29 is 22.8 Å². The fourth-order valence-electron chi connectivity index (χ4n) is 2.01. The topological polar surface area (TPSA) is 63.4 Å². The van der Waals surface area contributed by atoms with Gasteiger partial charge in [0.1, 0.15) is 0 Å². The van der Waals surface area contributed by atoms with Crippen LogP contribution in [0.15, 0.2) is 24.3 Å². The molecule has 1 aliphatic heterocycles. The summed E-state index contributed by atoms with van der Waals surface area (Å²) < 4.78 is 37.3. The van der Waals surface area contributed by atoms with Crippen LogP contribution in [-0.2, 0) is 22.3 Å². The Kier molecular flexibility index (Phi) is 3.80. The van der Waals surface area contributed by atoms with Crippen LogP contribution in [0, 0.1) is 0 Å². The summed E-state index contributed by atoms with van der Waals surface area (Å²) in [5.74, 6) is -0.835. The van der Waals surface area contributed by atoms with E-state index in [9.17, 15) is 22.8 Å². The monoisotopic (exact) mass is 286 g/mol. The molecule has 0 saturated carbocycles. The quantitative estimate of drug-likeness (QED) is 0.841. The zero-order valence-corrected chi connectivity index (χ0v) is 10.5. The van der Waals surface area contributed by atoms with E-state index in [1.165, 1.54) is 12.1 Å². The summed E-state index contributed by atoms with van der Waals surface area (Å²) in [6.07, 6.45) is -3.92. The molecule has 1 unspecified atom stereocenters. The van der Waals surface area contributed by atoms with Crippen LogP contribution < -0.4 is 5.73 Å². The molecular formula is C13H13F3N2O2. The minimum absolute atomic E-state index is 0.0521. The molecule has 1 saturated heterocycles. The molecule has 108 valence electrons. The van der Waals surface area contributed by atoms with Gasteiger partial charge in [0, 0.05) is 6.42 Å². The van der Waals surface area contributed by atoms with Gasteiger partial charge in [-0.2, -0.15) is 13.2 Å². The molecular weight excluding hydrogens is 273 g/mol. The van der Waals surface area contributed by atoms with E-state index in [0.29, 0.717) is 12.0 Å². The van der Waals surface area contributed by atoms with E-state index in [0.717, 1.165) is 17.0 Å². The lowest BCUT2D eigenvalue weighted by atomic mass is 10.0. The summed E-state index contributed by atoms with van der Waals surface area (Å²) in [4.78, 5) is 24.4. The van der Waals surface area contributed by atoms with Crippen LogP contribution in [0.3, 0.4) is 0 Å². The molecule has 0 aromatic heterocycles. The van der Waals surface area contributed by atoms with Crippen LogP contribution in [0.5, 0.6) is 0 Å². The maximum Gasteiger partial charge on any atom is 0.416 e. The zero-order valence-electron chi connectivity index (χ0n) is 10.5. The molecule has 1 aliphatic rings. The normalized spacial score (nSPS) is 20.4. The van der Waals surface area contributed by atoms with Crippen LogP contribution in [0.2, 0.25) is 0 Å². The van der Waals surface area contributed by atoms with Crippen molar-refractivity contribution in [3.63, 3.8) is 0 Å². The molecule has 1 fully saturated rings. The van der Waals surface area contributed by atoms with Crippen LogP contribution in [0.1, 0.15) is 24.0 Å². The Morgan fingerprint density at radius 2 is 1.80 bits per heavy atom. The van der Waals surface area contributed by atoms with E-state index in [1.54, 1.807) is 0 Å². The molecule has 1 aromatic rings. The lowest BCUT2D eigenvalue weighted by Crippen LogP contribution is -2.50. The number of rotatable bonds is 2. The van der Waals surface area contributed by atoms with Gasteiger partial charge in [-0.1, -0.05) is 12.1 Å². The minimum atomic E-state index is -4.41. The first-order valence-electron chi connectivity index (χ1n) is 6.05. The fraction of sp³-hybridized carbons (Fsp3) is 0.385. The lowest BCUT2D eigenvalue weighted by molar-refractivity contribution is -0.150. The summed E-state index contributed by atoms with van der Waals surface area (Å²) in [5, 5.41) is 0. The number of nitrogens with zero attached hydrogens (tertiary/aromatic N) is 1. The number of likely N-dealkylation sites (tertiary alicyclic amines) is 1. The molecule has 20 heavy (non-hydrogen) atoms. The van der Waals surface area contributed by atoms with Crippen molar-refractivity contribution in [2.75, 3.05) is 0 Å². The molecule has 1 aromatic carbocycles. The molecule has 2 amide bonds. The lowest BCUT2D eigenvalue weighted by Gasteiger charge is -2.28. The number of benzene rings is 1. The summed E-state index contributed by atoms with van der Waals surface area (Å²) in [6.45, 7) is -0.0521. The molecule has 1 atom stereocenters. The average Bonchev–Trinajstić information content (AvgIpc) is 2.39. The van der Waals surface area contributed by atoms with Gasteiger partial charge >= 0.3 is 6.18 Å². The van der Waals surface area contributed by atoms with Crippen molar-refractivity contribution in [2.24, 2.45) is 5.73 Å². The molecule has 1 heterocycles. The van der Waals surface area contributed by atoms with Gasteiger partial charge in [-0.3, -0.25) is 14.5 Å². The summed E-state index contributed by atoms with van der Waals surface area (Å²) >= 11 is 0. The maximum atomic E-state index is 12.4. The number of amides is 2. The molecule has 2 rings (SSSR count). The van der Waals surface area contributed by atoms with Crippen LogP contribution >= 0.6 is 0 Å². The van der Waals surface area contributed by atoms with Gasteiger partial charge in [0.15, 0.2) is 0 Å². The second-order valence-corrected chi connectivity index (χ2v) is 4.66. The van der Waals surface area contributed by atoms with E-state index in [4.69, 9.17) is 5.73 Å². The third kappa shape index (κ3) is 2.98. The number of piperidine rings is 1. The summed E-state index contributed by atoms with van der Waals surface area (Å²) in [7, 11) is 0. The molecule has 0 spiro atoms. The van der Waals surface area contributed by atoms with Gasteiger partial charge in [0.25, 0.3) is 0 Å².